The van der Waals surface area contributed by atoms with Gasteiger partial charge in [-0.3, -0.25) is 4.79 Å². The van der Waals surface area contributed by atoms with E-state index in [-0.39, 0.29) is 22.8 Å². The maximum absolute atomic E-state index is 13.8. The average molecular weight is 525 g/mol. The minimum Gasteiger partial charge on any atom is -0.465 e. The van der Waals surface area contributed by atoms with Gasteiger partial charge in [-0.15, -0.1) is 0 Å². The predicted molar refractivity (Wildman–Crippen MR) is 123 cm³/mol. The van der Waals surface area contributed by atoms with Crippen molar-refractivity contribution >= 4 is 11.9 Å². The lowest BCUT2D eigenvalue weighted by molar-refractivity contribution is -0.146. The Morgan fingerprint density at radius 2 is 1.68 bits per heavy atom. The number of halogens is 5. The normalized spacial score (nSPS) is 13.2. The largest absolute Gasteiger partial charge is 0.465 e. The number of nitrogens with one attached hydrogen (secondary N) is 1. The van der Waals surface area contributed by atoms with Crippen molar-refractivity contribution in [3.8, 4) is 11.6 Å². The SMILES string of the molecule is COC(=O)c1ccc([C@H](C)NC(=O)c2c(C(F)F)nn(C)c2Oc2cccc(C(C)C(F)(F)F)c2)cc1. The van der Waals surface area contributed by atoms with Crippen molar-refractivity contribution < 1.29 is 41.0 Å². The highest BCUT2D eigenvalue weighted by atomic mass is 19.4. The molecule has 1 heterocycles. The van der Waals surface area contributed by atoms with E-state index in [1.54, 1.807) is 19.1 Å². The zero-order chi connectivity index (χ0) is 27.5. The second kappa shape index (κ2) is 11.0. The molecule has 1 aromatic heterocycles. The van der Waals surface area contributed by atoms with Crippen LogP contribution in [0.15, 0.2) is 48.5 Å². The van der Waals surface area contributed by atoms with Crippen LogP contribution < -0.4 is 10.1 Å². The molecule has 0 radical (unpaired) electrons. The van der Waals surface area contributed by atoms with Crippen LogP contribution in [-0.4, -0.2) is 34.9 Å². The number of hydrogen-bond donors (Lipinski definition) is 1. The number of benzene rings is 2. The van der Waals surface area contributed by atoms with Gasteiger partial charge in [-0.2, -0.15) is 18.3 Å². The molecule has 0 saturated carbocycles. The van der Waals surface area contributed by atoms with Crippen molar-refractivity contribution in [2.75, 3.05) is 7.11 Å². The third-order valence-corrected chi connectivity index (χ3v) is 5.70. The van der Waals surface area contributed by atoms with Gasteiger partial charge in [0.1, 0.15) is 17.0 Å². The summed E-state index contributed by atoms with van der Waals surface area (Å²) in [4.78, 5) is 24.7. The molecule has 0 saturated heterocycles. The summed E-state index contributed by atoms with van der Waals surface area (Å²) >= 11 is 0. The van der Waals surface area contributed by atoms with Crippen LogP contribution in [-0.2, 0) is 11.8 Å². The molecule has 1 amide bonds. The number of amides is 1. The van der Waals surface area contributed by atoms with Gasteiger partial charge in [0.15, 0.2) is 0 Å². The Kier molecular flexibility index (Phi) is 8.19. The fourth-order valence-corrected chi connectivity index (χ4v) is 3.54. The second-order valence-electron chi connectivity index (χ2n) is 8.24. The van der Waals surface area contributed by atoms with Crippen molar-refractivity contribution in [2.45, 2.75) is 38.4 Å². The number of aromatic nitrogens is 2. The molecule has 198 valence electrons. The van der Waals surface area contributed by atoms with Crippen molar-refractivity contribution in [1.29, 1.82) is 0 Å². The molecule has 12 heteroatoms. The van der Waals surface area contributed by atoms with Crippen molar-refractivity contribution in [3.63, 3.8) is 0 Å². The third kappa shape index (κ3) is 6.25. The Labute approximate surface area is 209 Å². The van der Waals surface area contributed by atoms with Crippen LogP contribution in [0.1, 0.15) is 69.8 Å². The fourth-order valence-electron chi connectivity index (χ4n) is 3.54. The molecule has 3 aromatic rings. The number of carbonyl (C=O) groups excluding carboxylic acids is 2. The minimum atomic E-state index is -4.50. The number of carbonyl (C=O) groups is 2. The molecule has 0 spiro atoms. The first-order chi connectivity index (χ1) is 17.3. The molecule has 3 rings (SSSR count). The summed E-state index contributed by atoms with van der Waals surface area (Å²) in [5.74, 6) is -3.72. The van der Waals surface area contributed by atoms with Crippen molar-refractivity contribution in [3.05, 3.63) is 76.5 Å². The summed E-state index contributed by atoms with van der Waals surface area (Å²) in [6, 6.07) is 10.5. The molecule has 2 aromatic carbocycles. The summed E-state index contributed by atoms with van der Waals surface area (Å²) < 4.78 is 78.1. The van der Waals surface area contributed by atoms with Gasteiger partial charge in [0.05, 0.1) is 24.6 Å². The number of hydrogen-bond acceptors (Lipinski definition) is 5. The van der Waals surface area contributed by atoms with Gasteiger partial charge < -0.3 is 14.8 Å². The number of nitrogens with zero attached hydrogens (tertiary/aromatic N) is 2. The van der Waals surface area contributed by atoms with Crippen molar-refractivity contribution in [1.82, 2.24) is 15.1 Å². The van der Waals surface area contributed by atoms with E-state index in [2.05, 4.69) is 15.2 Å². The zero-order valence-corrected chi connectivity index (χ0v) is 20.3. The van der Waals surface area contributed by atoms with Gasteiger partial charge in [0.25, 0.3) is 12.3 Å². The molecule has 1 unspecified atom stereocenters. The molecular weight excluding hydrogens is 501 g/mol. The molecular formula is C25H24F5N3O4. The quantitative estimate of drug-likeness (QED) is 0.284. The van der Waals surface area contributed by atoms with Crippen LogP contribution in [0, 0.1) is 0 Å². The second-order valence-corrected chi connectivity index (χ2v) is 8.24. The maximum Gasteiger partial charge on any atom is 0.395 e. The molecule has 2 atom stereocenters. The zero-order valence-electron chi connectivity index (χ0n) is 20.3. The first kappa shape index (κ1) is 27.6. The van der Waals surface area contributed by atoms with Crippen molar-refractivity contribution in [2.24, 2.45) is 7.05 Å². The summed E-state index contributed by atoms with van der Waals surface area (Å²) in [5, 5.41) is 6.28. The Balaban J connectivity index is 1.90. The number of esters is 1. The number of aryl methyl sites for hydroxylation is 1. The van der Waals surface area contributed by atoms with E-state index < -0.39 is 47.7 Å². The van der Waals surface area contributed by atoms with E-state index >= 15 is 0 Å². The molecule has 7 nitrogen and oxygen atoms in total. The molecule has 0 fully saturated rings. The first-order valence-corrected chi connectivity index (χ1v) is 11.0. The highest BCUT2D eigenvalue weighted by Gasteiger charge is 2.37. The lowest BCUT2D eigenvalue weighted by atomic mass is 10.0. The third-order valence-electron chi connectivity index (χ3n) is 5.70. The van der Waals surface area contributed by atoms with Gasteiger partial charge in [-0.25, -0.2) is 18.3 Å². The predicted octanol–water partition coefficient (Wildman–Crippen LogP) is 6.09. The topological polar surface area (TPSA) is 82.5 Å². The number of methoxy groups -OCH3 is 1. The standard InChI is InChI=1S/C25H24F5N3O4/c1-13(25(28,29)30)17-6-5-7-18(12-17)37-23-19(20(21(26)27)32-33(23)3)22(34)31-14(2)15-8-10-16(11-9-15)24(35)36-4/h5-14,21H,1-4H3,(H,31,34)/t13?,14-/m0/s1. The molecule has 0 aliphatic heterocycles. The molecule has 1 N–H and O–H groups in total. The van der Waals surface area contributed by atoms with Gasteiger partial charge >= 0.3 is 12.1 Å². The number of rotatable bonds is 8. The Morgan fingerprint density at radius 1 is 1.03 bits per heavy atom. The summed E-state index contributed by atoms with van der Waals surface area (Å²) in [6.07, 6.45) is -7.62. The Morgan fingerprint density at radius 3 is 2.24 bits per heavy atom. The lowest BCUT2D eigenvalue weighted by Crippen LogP contribution is -2.27. The van der Waals surface area contributed by atoms with E-state index in [0.29, 0.717) is 5.56 Å². The fraction of sp³-hybridized carbons (Fsp3) is 0.320. The summed E-state index contributed by atoms with van der Waals surface area (Å²) in [5.41, 5.74) is -0.640. The van der Waals surface area contributed by atoms with Gasteiger partial charge in [0.2, 0.25) is 5.88 Å². The Bertz CT molecular complexity index is 1270. The monoisotopic (exact) mass is 525 g/mol. The van der Waals surface area contributed by atoms with E-state index in [9.17, 15) is 31.5 Å². The van der Waals surface area contributed by atoms with Crippen LogP contribution in [0.4, 0.5) is 22.0 Å². The Hall–Kier alpha value is -3.96. The van der Waals surface area contributed by atoms with E-state index in [4.69, 9.17) is 4.74 Å². The van der Waals surface area contributed by atoms with Crippen LogP contribution >= 0.6 is 0 Å². The van der Waals surface area contributed by atoms with Crippen LogP contribution in [0.3, 0.4) is 0 Å². The van der Waals surface area contributed by atoms with Gasteiger partial charge in [0, 0.05) is 7.05 Å². The van der Waals surface area contributed by atoms with E-state index in [0.717, 1.165) is 17.7 Å². The minimum absolute atomic E-state index is 0.0853. The van der Waals surface area contributed by atoms with E-state index in [1.807, 2.05) is 0 Å². The smallest absolute Gasteiger partial charge is 0.395 e. The summed E-state index contributed by atoms with van der Waals surface area (Å²) in [7, 11) is 2.51. The molecule has 0 bridgehead atoms. The highest BCUT2D eigenvalue weighted by Crippen LogP contribution is 2.37. The average Bonchev–Trinajstić information content (AvgIpc) is 3.18. The molecule has 0 aliphatic rings. The number of alkyl halides is 5. The van der Waals surface area contributed by atoms with Crippen LogP contribution in [0.25, 0.3) is 0 Å². The lowest BCUT2D eigenvalue weighted by Gasteiger charge is -2.17. The van der Waals surface area contributed by atoms with Crippen LogP contribution in [0.2, 0.25) is 0 Å². The number of ether oxygens (including phenoxy) is 2. The van der Waals surface area contributed by atoms with E-state index in [1.165, 1.54) is 44.5 Å². The van der Waals surface area contributed by atoms with Crippen LogP contribution in [0.5, 0.6) is 11.6 Å². The maximum atomic E-state index is 13.8. The summed E-state index contributed by atoms with van der Waals surface area (Å²) in [6.45, 7) is 2.59. The van der Waals surface area contributed by atoms with Gasteiger partial charge in [-0.1, -0.05) is 24.3 Å². The molecule has 37 heavy (non-hydrogen) atoms. The van der Waals surface area contributed by atoms with Gasteiger partial charge in [-0.05, 0) is 49.2 Å². The first-order valence-electron chi connectivity index (χ1n) is 11.0. The molecule has 0 aliphatic carbocycles. The highest BCUT2D eigenvalue weighted by molar-refractivity contribution is 5.98.